The van der Waals surface area contributed by atoms with E-state index in [-0.39, 0.29) is 5.54 Å². The van der Waals surface area contributed by atoms with Crippen LogP contribution in [-0.4, -0.2) is 36.7 Å². The SMILES string of the molecule is CCN1CCCC1(C)COc1ccc2c(c1)CCNC2. The van der Waals surface area contributed by atoms with Crippen LogP contribution in [0.5, 0.6) is 5.75 Å². The zero-order valence-electron chi connectivity index (χ0n) is 12.7. The highest BCUT2D eigenvalue weighted by Gasteiger charge is 2.36. The Bertz CT molecular complexity index is 474. The van der Waals surface area contributed by atoms with Crippen LogP contribution < -0.4 is 10.1 Å². The molecule has 1 N–H and O–H groups in total. The molecule has 1 aromatic carbocycles. The van der Waals surface area contributed by atoms with E-state index < -0.39 is 0 Å². The van der Waals surface area contributed by atoms with Gasteiger partial charge in [-0.25, -0.2) is 0 Å². The molecule has 0 aromatic heterocycles. The molecule has 0 amide bonds. The molecule has 0 radical (unpaired) electrons. The molecule has 2 aliphatic heterocycles. The molecule has 1 aromatic rings. The number of rotatable bonds is 4. The first-order chi connectivity index (χ1) is 9.71. The summed E-state index contributed by atoms with van der Waals surface area (Å²) in [7, 11) is 0. The van der Waals surface area contributed by atoms with E-state index in [0.29, 0.717) is 0 Å². The molecule has 3 rings (SSSR count). The monoisotopic (exact) mass is 274 g/mol. The van der Waals surface area contributed by atoms with Crippen LogP contribution in [0.3, 0.4) is 0 Å². The van der Waals surface area contributed by atoms with E-state index >= 15 is 0 Å². The van der Waals surface area contributed by atoms with E-state index in [1.165, 1.54) is 30.5 Å². The average molecular weight is 274 g/mol. The Kier molecular flexibility index (Phi) is 3.99. The summed E-state index contributed by atoms with van der Waals surface area (Å²) in [6, 6.07) is 6.58. The summed E-state index contributed by atoms with van der Waals surface area (Å²) in [5.74, 6) is 1.04. The van der Waals surface area contributed by atoms with Gasteiger partial charge in [0.1, 0.15) is 12.4 Å². The number of hydrogen-bond donors (Lipinski definition) is 1. The van der Waals surface area contributed by atoms with Crippen LogP contribution in [0.4, 0.5) is 0 Å². The summed E-state index contributed by atoms with van der Waals surface area (Å²) in [6.07, 6.45) is 3.66. The number of likely N-dealkylation sites (N-methyl/N-ethyl adjacent to an activating group) is 1. The van der Waals surface area contributed by atoms with Crippen LogP contribution in [0.15, 0.2) is 18.2 Å². The van der Waals surface area contributed by atoms with E-state index in [9.17, 15) is 0 Å². The molecule has 0 bridgehead atoms. The summed E-state index contributed by atoms with van der Waals surface area (Å²) < 4.78 is 6.13. The smallest absolute Gasteiger partial charge is 0.119 e. The molecular weight excluding hydrogens is 248 g/mol. The second kappa shape index (κ2) is 5.74. The van der Waals surface area contributed by atoms with Gasteiger partial charge in [0.05, 0.1) is 5.54 Å². The van der Waals surface area contributed by atoms with E-state index in [2.05, 4.69) is 42.3 Å². The zero-order chi connectivity index (χ0) is 14.0. The zero-order valence-corrected chi connectivity index (χ0v) is 12.7. The van der Waals surface area contributed by atoms with Crippen molar-refractivity contribution in [1.29, 1.82) is 0 Å². The van der Waals surface area contributed by atoms with E-state index in [0.717, 1.165) is 38.4 Å². The van der Waals surface area contributed by atoms with Crippen molar-refractivity contribution < 1.29 is 4.74 Å². The van der Waals surface area contributed by atoms with Gasteiger partial charge in [0.25, 0.3) is 0 Å². The summed E-state index contributed by atoms with van der Waals surface area (Å²) in [5, 5.41) is 3.41. The van der Waals surface area contributed by atoms with Gasteiger partial charge in [0.2, 0.25) is 0 Å². The Balaban J connectivity index is 1.66. The lowest BCUT2D eigenvalue weighted by atomic mass is 9.99. The average Bonchev–Trinajstić information content (AvgIpc) is 2.86. The van der Waals surface area contributed by atoms with Gasteiger partial charge in [-0.05, 0) is 69.1 Å². The predicted octanol–water partition coefficient (Wildman–Crippen LogP) is 2.59. The van der Waals surface area contributed by atoms with Crippen molar-refractivity contribution in [2.75, 3.05) is 26.2 Å². The Morgan fingerprint density at radius 3 is 3.10 bits per heavy atom. The fourth-order valence-corrected chi connectivity index (χ4v) is 3.56. The van der Waals surface area contributed by atoms with Crippen molar-refractivity contribution in [3.8, 4) is 5.75 Å². The van der Waals surface area contributed by atoms with Gasteiger partial charge in [-0.15, -0.1) is 0 Å². The fraction of sp³-hybridized carbons (Fsp3) is 0.647. The minimum atomic E-state index is 0.214. The highest BCUT2D eigenvalue weighted by Crippen LogP contribution is 2.30. The van der Waals surface area contributed by atoms with Crippen LogP contribution in [0.1, 0.15) is 37.8 Å². The standard InChI is InChI=1S/C17H26N2O/c1-3-19-10-4-8-17(19,2)13-20-16-6-5-15-12-18-9-7-14(15)11-16/h5-6,11,18H,3-4,7-10,12-13H2,1-2H3. The van der Waals surface area contributed by atoms with Crippen LogP contribution in [-0.2, 0) is 13.0 Å². The summed E-state index contributed by atoms with van der Waals surface area (Å²) in [5.41, 5.74) is 3.09. The molecular formula is C17H26N2O. The molecule has 2 heterocycles. The Morgan fingerprint density at radius 1 is 1.35 bits per heavy atom. The molecule has 3 heteroatoms. The topological polar surface area (TPSA) is 24.5 Å². The lowest BCUT2D eigenvalue weighted by Crippen LogP contribution is -2.45. The first-order valence-electron chi connectivity index (χ1n) is 7.92. The Labute approximate surface area is 122 Å². The third kappa shape index (κ3) is 2.70. The van der Waals surface area contributed by atoms with Crippen molar-refractivity contribution in [3.05, 3.63) is 29.3 Å². The number of benzene rings is 1. The molecule has 0 spiro atoms. The Hall–Kier alpha value is -1.06. The number of hydrogen-bond acceptors (Lipinski definition) is 3. The first-order valence-corrected chi connectivity index (χ1v) is 7.92. The third-order valence-electron chi connectivity index (χ3n) is 4.90. The van der Waals surface area contributed by atoms with Gasteiger partial charge in [0.15, 0.2) is 0 Å². The van der Waals surface area contributed by atoms with Gasteiger partial charge in [-0.2, -0.15) is 0 Å². The molecule has 110 valence electrons. The van der Waals surface area contributed by atoms with E-state index in [1.54, 1.807) is 0 Å². The first kappa shape index (κ1) is 13.9. The van der Waals surface area contributed by atoms with Crippen molar-refractivity contribution in [3.63, 3.8) is 0 Å². The quantitative estimate of drug-likeness (QED) is 0.913. The van der Waals surface area contributed by atoms with Gasteiger partial charge in [0, 0.05) is 6.54 Å². The highest BCUT2D eigenvalue weighted by atomic mass is 16.5. The fourth-order valence-electron chi connectivity index (χ4n) is 3.56. The van der Waals surface area contributed by atoms with Crippen LogP contribution in [0.25, 0.3) is 0 Å². The van der Waals surface area contributed by atoms with Crippen molar-refractivity contribution in [2.24, 2.45) is 0 Å². The molecule has 1 atom stereocenters. The number of likely N-dealkylation sites (tertiary alicyclic amines) is 1. The molecule has 1 unspecified atom stereocenters. The number of fused-ring (bicyclic) bond motifs is 1. The number of ether oxygens (including phenoxy) is 1. The minimum Gasteiger partial charge on any atom is -0.492 e. The predicted molar refractivity (Wildman–Crippen MR) is 82.2 cm³/mol. The maximum absolute atomic E-state index is 6.13. The van der Waals surface area contributed by atoms with Crippen molar-refractivity contribution in [2.45, 2.75) is 45.2 Å². The minimum absolute atomic E-state index is 0.214. The lowest BCUT2D eigenvalue weighted by Gasteiger charge is -2.34. The van der Waals surface area contributed by atoms with Crippen molar-refractivity contribution >= 4 is 0 Å². The van der Waals surface area contributed by atoms with Gasteiger partial charge < -0.3 is 10.1 Å². The molecule has 2 aliphatic rings. The molecule has 0 aliphatic carbocycles. The number of nitrogens with one attached hydrogen (secondary N) is 1. The van der Waals surface area contributed by atoms with Crippen LogP contribution in [0.2, 0.25) is 0 Å². The summed E-state index contributed by atoms with van der Waals surface area (Å²) >= 11 is 0. The summed E-state index contributed by atoms with van der Waals surface area (Å²) in [6.45, 7) is 9.80. The molecule has 1 saturated heterocycles. The molecule has 3 nitrogen and oxygen atoms in total. The Morgan fingerprint density at radius 2 is 2.25 bits per heavy atom. The van der Waals surface area contributed by atoms with Gasteiger partial charge in [-0.3, -0.25) is 4.90 Å². The second-order valence-corrected chi connectivity index (χ2v) is 6.33. The normalized spacial score (nSPS) is 26.5. The largest absolute Gasteiger partial charge is 0.492 e. The van der Waals surface area contributed by atoms with E-state index in [1.807, 2.05) is 0 Å². The van der Waals surface area contributed by atoms with E-state index in [4.69, 9.17) is 4.74 Å². The lowest BCUT2D eigenvalue weighted by molar-refractivity contribution is 0.0957. The highest BCUT2D eigenvalue weighted by molar-refractivity contribution is 5.37. The molecule has 20 heavy (non-hydrogen) atoms. The molecule has 1 fully saturated rings. The maximum atomic E-state index is 6.13. The summed E-state index contributed by atoms with van der Waals surface area (Å²) in [4.78, 5) is 2.55. The third-order valence-corrected chi connectivity index (χ3v) is 4.90. The van der Waals surface area contributed by atoms with Crippen LogP contribution >= 0.6 is 0 Å². The van der Waals surface area contributed by atoms with Gasteiger partial charge in [-0.1, -0.05) is 13.0 Å². The molecule has 0 saturated carbocycles. The van der Waals surface area contributed by atoms with Gasteiger partial charge >= 0.3 is 0 Å². The maximum Gasteiger partial charge on any atom is 0.119 e. The number of nitrogens with zero attached hydrogens (tertiary/aromatic N) is 1. The second-order valence-electron chi connectivity index (χ2n) is 6.33. The van der Waals surface area contributed by atoms with Crippen molar-refractivity contribution in [1.82, 2.24) is 10.2 Å². The van der Waals surface area contributed by atoms with Crippen LogP contribution in [0, 0.1) is 0 Å².